The molecule has 0 radical (unpaired) electrons. The Kier molecular flexibility index (Phi) is 6.49. The molecule has 1 amide bonds. The Morgan fingerprint density at radius 2 is 1.85 bits per heavy atom. The van der Waals surface area contributed by atoms with Gasteiger partial charge in [0.2, 0.25) is 0 Å². The van der Waals surface area contributed by atoms with E-state index in [9.17, 15) is 4.79 Å². The van der Waals surface area contributed by atoms with Gasteiger partial charge in [-0.2, -0.15) is 0 Å². The Morgan fingerprint density at radius 1 is 1.25 bits per heavy atom. The molecule has 0 aliphatic carbocycles. The van der Waals surface area contributed by atoms with Crippen LogP contribution >= 0.6 is 15.9 Å². The predicted molar refractivity (Wildman–Crippen MR) is 84.8 cm³/mol. The third-order valence-corrected chi connectivity index (χ3v) is 3.14. The molecule has 1 aromatic rings. The van der Waals surface area contributed by atoms with Gasteiger partial charge >= 0.3 is 6.09 Å². The molecule has 0 heterocycles. The SMILES string of the molecule is C[C@H](NCCNC(=O)OC(C)(C)C)c1ccc(Br)cc1. The van der Waals surface area contributed by atoms with Crippen molar-refractivity contribution in [3.63, 3.8) is 0 Å². The molecule has 0 bridgehead atoms. The fraction of sp³-hybridized carbons (Fsp3) is 0.533. The summed E-state index contributed by atoms with van der Waals surface area (Å²) in [5.41, 5.74) is 0.757. The van der Waals surface area contributed by atoms with Crippen molar-refractivity contribution in [2.24, 2.45) is 0 Å². The maximum absolute atomic E-state index is 11.4. The van der Waals surface area contributed by atoms with Gasteiger partial charge in [-0.15, -0.1) is 0 Å². The fourth-order valence-electron chi connectivity index (χ4n) is 1.64. The summed E-state index contributed by atoms with van der Waals surface area (Å²) < 4.78 is 6.23. The zero-order valence-corrected chi connectivity index (χ0v) is 14.1. The van der Waals surface area contributed by atoms with E-state index in [1.807, 2.05) is 32.9 Å². The van der Waals surface area contributed by atoms with E-state index in [-0.39, 0.29) is 12.1 Å². The highest BCUT2D eigenvalue weighted by Gasteiger charge is 2.15. The first-order chi connectivity index (χ1) is 9.28. The normalized spacial score (nSPS) is 12.8. The van der Waals surface area contributed by atoms with Crippen molar-refractivity contribution in [3.05, 3.63) is 34.3 Å². The first-order valence-corrected chi connectivity index (χ1v) is 7.53. The van der Waals surface area contributed by atoms with Crippen LogP contribution in [0.1, 0.15) is 39.3 Å². The first kappa shape index (κ1) is 17.0. The molecule has 0 saturated carbocycles. The number of alkyl carbamates (subject to hydrolysis) is 1. The van der Waals surface area contributed by atoms with Crippen molar-refractivity contribution >= 4 is 22.0 Å². The number of nitrogens with one attached hydrogen (secondary N) is 2. The van der Waals surface area contributed by atoms with Crippen LogP contribution in [0.4, 0.5) is 4.79 Å². The van der Waals surface area contributed by atoms with Gasteiger partial charge < -0.3 is 15.4 Å². The van der Waals surface area contributed by atoms with E-state index in [0.29, 0.717) is 13.1 Å². The van der Waals surface area contributed by atoms with Gasteiger partial charge in [0.1, 0.15) is 5.60 Å². The molecule has 0 aliphatic heterocycles. The average Bonchev–Trinajstić information content (AvgIpc) is 2.33. The van der Waals surface area contributed by atoms with Crippen LogP contribution in [0.15, 0.2) is 28.7 Å². The Labute approximate surface area is 129 Å². The molecule has 0 fully saturated rings. The lowest BCUT2D eigenvalue weighted by Gasteiger charge is -2.20. The number of halogens is 1. The van der Waals surface area contributed by atoms with Gasteiger partial charge in [-0.05, 0) is 45.4 Å². The highest BCUT2D eigenvalue weighted by Crippen LogP contribution is 2.16. The second-order valence-electron chi connectivity index (χ2n) is 5.66. The molecule has 2 N–H and O–H groups in total. The molecular weight excluding hydrogens is 320 g/mol. The van der Waals surface area contributed by atoms with Gasteiger partial charge in [-0.1, -0.05) is 28.1 Å². The number of hydrogen-bond donors (Lipinski definition) is 2. The van der Waals surface area contributed by atoms with Crippen LogP contribution in [0.3, 0.4) is 0 Å². The minimum absolute atomic E-state index is 0.239. The van der Waals surface area contributed by atoms with E-state index in [1.54, 1.807) is 0 Å². The van der Waals surface area contributed by atoms with Gasteiger partial charge in [-0.3, -0.25) is 0 Å². The van der Waals surface area contributed by atoms with Crippen LogP contribution in [0.2, 0.25) is 0 Å². The zero-order valence-electron chi connectivity index (χ0n) is 12.5. The Hall–Kier alpha value is -1.07. The quantitative estimate of drug-likeness (QED) is 0.803. The molecule has 0 aliphatic rings. The Morgan fingerprint density at radius 3 is 2.40 bits per heavy atom. The van der Waals surface area contributed by atoms with Crippen LogP contribution in [-0.4, -0.2) is 24.8 Å². The highest BCUT2D eigenvalue weighted by molar-refractivity contribution is 9.10. The summed E-state index contributed by atoms with van der Waals surface area (Å²) >= 11 is 3.42. The van der Waals surface area contributed by atoms with Gasteiger partial charge in [-0.25, -0.2) is 4.79 Å². The number of amides is 1. The maximum atomic E-state index is 11.4. The smallest absolute Gasteiger partial charge is 0.407 e. The number of carbonyl (C=O) groups excluding carboxylic acids is 1. The molecule has 0 unspecified atom stereocenters. The van der Waals surface area contributed by atoms with E-state index in [4.69, 9.17) is 4.74 Å². The third-order valence-electron chi connectivity index (χ3n) is 2.61. The number of ether oxygens (including phenoxy) is 1. The summed E-state index contributed by atoms with van der Waals surface area (Å²) in [6, 6.07) is 8.42. The Bertz CT molecular complexity index is 426. The summed E-state index contributed by atoms with van der Waals surface area (Å²) in [5.74, 6) is 0. The summed E-state index contributed by atoms with van der Waals surface area (Å²) in [5, 5.41) is 6.07. The molecule has 0 spiro atoms. The third kappa shape index (κ3) is 6.91. The number of carbonyl (C=O) groups is 1. The van der Waals surface area contributed by atoms with Crippen LogP contribution in [0.5, 0.6) is 0 Å². The van der Waals surface area contributed by atoms with Crippen LogP contribution in [0.25, 0.3) is 0 Å². The molecule has 1 rings (SSSR count). The zero-order chi connectivity index (χ0) is 15.2. The summed E-state index contributed by atoms with van der Waals surface area (Å²) in [7, 11) is 0. The average molecular weight is 343 g/mol. The van der Waals surface area contributed by atoms with Crippen LogP contribution in [-0.2, 0) is 4.74 Å². The molecular formula is C15H23BrN2O2. The Balaban J connectivity index is 2.24. The highest BCUT2D eigenvalue weighted by atomic mass is 79.9. The summed E-state index contributed by atoms with van der Waals surface area (Å²) in [6.45, 7) is 8.87. The van der Waals surface area contributed by atoms with Gasteiger partial charge in [0, 0.05) is 23.6 Å². The lowest BCUT2D eigenvalue weighted by atomic mass is 10.1. The summed E-state index contributed by atoms with van der Waals surface area (Å²) in [6.07, 6.45) is -0.379. The van der Waals surface area contributed by atoms with Crippen molar-refractivity contribution in [2.75, 3.05) is 13.1 Å². The van der Waals surface area contributed by atoms with E-state index < -0.39 is 5.60 Å². The standard InChI is InChI=1S/C15H23BrN2O2/c1-11(12-5-7-13(16)8-6-12)17-9-10-18-14(19)20-15(2,3)4/h5-8,11,17H,9-10H2,1-4H3,(H,18,19)/t11-/m0/s1. The van der Waals surface area contributed by atoms with Gasteiger partial charge in [0.15, 0.2) is 0 Å². The summed E-state index contributed by atoms with van der Waals surface area (Å²) in [4.78, 5) is 11.4. The van der Waals surface area contributed by atoms with Gasteiger partial charge in [0.05, 0.1) is 0 Å². The van der Waals surface area contributed by atoms with E-state index >= 15 is 0 Å². The topological polar surface area (TPSA) is 50.4 Å². The fourth-order valence-corrected chi connectivity index (χ4v) is 1.90. The number of benzene rings is 1. The minimum Gasteiger partial charge on any atom is -0.444 e. The van der Waals surface area contributed by atoms with Crippen LogP contribution < -0.4 is 10.6 Å². The van der Waals surface area contributed by atoms with Crippen LogP contribution in [0, 0.1) is 0 Å². The van der Waals surface area contributed by atoms with E-state index in [1.165, 1.54) is 5.56 Å². The van der Waals surface area contributed by atoms with Crippen molar-refractivity contribution in [1.29, 1.82) is 0 Å². The lowest BCUT2D eigenvalue weighted by Crippen LogP contribution is -2.36. The molecule has 0 saturated heterocycles. The molecule has 112 valence electrons. The van der Waals surface area contributed by atoms with E-state index in [0.717, 1.165) is 4.47 Å². The van der Waals surface area contributed by atoms with Crippen molar-refractivity contribution in [3.8, 4) is 0 Å². The lowest BCUT2D eigenvalue weighted by molar-refractivity contribution is 0.0528. The molecule has 5 heteroatoms. The van der Waals surface area contributed by atoms with Crippen molar-refractivity contribution in [2.45, 2.75) is 39.3 Å². The second-order valence-corrected chi connectivity index (χ2v) is 6.57. The number of rotatable bonds is 5. The monoisotopic (exact) mass is 342 g/mol. The van der Waals surface area contributed by atoms with Crippen molar-refractivity contribution < 1.29 is 9.53 Å². The first-order valence-electron chi connectivity index (χ1n) is 6.73. The molecule has 0 aromatic heterocycles. The maximum Gasteiger partial charge on any atom is 0.407 e. The molecule has 1 aromatic carbocycles. The second kappa shape index (κ2) is 7.64. The van der Waals surface area contributed by atoms with Crippen molar-refractivity contribution in [1.82, 2.24) is 10.6 Å². The largest absolute Gasteiger partial charge is 0.444 e. The predicted octanol–water partition coefficient (Wildman–Crippen LogP) is 3.62. The molecule has 4 nitrogen and oxygen atoms in total. The number of hydrogen-bond acceptors (Lipinski definition) is 3. The minimum atomic E-state index is -0.456. The molecule has 1 atom stereocenters. The van der Waals surface area contributed by atoms with E-state index in [2.05, 4.69) is 45.6 Å². The molecule has 20 heavy (non-hydrogen) atoms. The van der Waals surface area contributed by atoms with Gasteiger partial charge in [0.25, 0.3) is 0 Å².